The zero-order valence-electron chi connectivity index (χ0n) is 21.7. The Balaban J connectivity index is 1.32. The number of carbonyl (C=O) groups is 4. The monoisotopic (exact) mass is 559 g/mol. The minimum absolute atomic E-state index is 0.0453. The highest BCUT2D eigenvalue weighted by Crippen LogP contribution is 2.14. The minimum atomic E-state index is -1.41. The van der Waals surface area contributed by atoms with Crippen molar-refractivity contribution in [2.45, 2.75) is 25.9 Å². The number of nitrogens with two attached hydrogens (primary N) is 1. The number of fused-ring (bicyclic) bond motifs is 1. The van der Waals surface area contributed by atoms with Gasteiger partial charge in [-0.15, -0.1) is 0 Å². The number of carbonyl (C=O) groups excluding carboxylic acids is 3. The van der Waals surface area contributed by atoms with Crippen LogP contribution >= 0.6 is 0 Å². The normalized spacial score (nSPS) is 12.2. The van der Waals surface area contributed by atoms with Crippen LogP contribution in [-0.4, -0.2) is 54.9 Å². The predicted octanol–water partition coefficient (Wildman–Crippen LogP) is 1.50. The van der Waals surface area contributed by atoms with Crippen molar-refractivity contribution >= 4 is 46.6 Å². The van der Waals surface area contributed by atoms with E-state index in [4.69, 9.17) is 10.5 Å². The summed E-state index contributed by atoms with van der Waals surface area (Å²) >= 11 is 0. The molecule has 41 heavy (non-hydrogen) atoms. The zero-order valence-corrected chi connectivity index (χ0v) is 21.7. The number of carboxylic acids is 1. The Labute approximate surface area is 232 Å². The Morgan fingerprint density at radius 1 is 1.02 bits per heavy atom. The lowest BCUT2D eigenvalue weighted by Crippen LogP contribution is -2.42. The molecule has 0 bridgehead atoms. The molecule has 0 spiro atoms. The quantitative estimate of drug-likeness (QED) is 0.138. The van der Waals surface area contributed by atoms with Crippen LogP contribution < -0.4 is 21.9 Å². The molecule has 0 radical (unpaired) electrons. The van der Waals surface area contributed by atoms with E-state index >= 15 is 0 Å². The topological polar surface area (TPSA) is 219 Å². The van der Waals surface area contributed by atoms with Gasteiger partial charge in [0.25, 0.3) is 11.5 Å². The van der Waals surface area contributed by atoms with Gasteiger partial charge < -0.3 is 26.2 Å². The summed E-state index contributed by atoms with van der Waals surface area (Å²) in [6.07, 6.45) is 1.16. The average Bonchev–Trinajstić information content (AvgIpc) is 2.96. The maximum atomic E-state index is 12.7. The van der Waals surface area contributed by atoms with Gasteiger partial charge >= 0.3 is 17.9 Å². The van der Waals surface area contributed by atoms with Crippen molar-refractivity contribution in [3.8, 4) is 0 Å². The van der Waals surface area contributed by atoms with E-state index in [2.05, 4.69) is 30.6 Å². The summed E-state index contributed by atoms with van der Waals surface area (Å²) in [6, 6.07) is 12.6. The average molecular weight is 560 g/mol. The lowest BCUT2D eigenvalue weighted by Gasteiger charge is -2.18. The molecule has 2 heterocycles. The highest BCUT2D eigenvalue weighted by Gasteiger charge is 2.28. The smallest absolute Gasteiger partial charge is 0.345 e. The van der Waals surface area contributed by atoms with E-state index in [0.29, 0.717) is 11.4 Å². The van der Waals surface area contributed by atoms with Gasteiger partial charge in [-0.1, -0.05) is 25.1 Å². The van der Waals surface area contributed by atoms with E-state index < -0.39 is 41.3 Å². The third-order valence-electron chi connectivity index (χ3n) is 5.90. The molecule has 0 aliphatic rings. The number of rotatable bonds is 10. The van der Waals surface area contributed by atoms with Crippen molar-refractivity contribution < 1.29 is 29.0 Å². The Kier molecular flexibility index (Phi) is 8.62. The number of aromatic nitrogens is 4. The molecule has 0 fully saturated rings. The number of nitrogens with one attached hydrogen (secondary N) is 3. The van der Waals surface area contributed by atoms with Crippen LogP contribution in [-0.2, 0) is 20.9 Å². The number of nitrogens with zero attached hydrogens (tertiary/aromatic N) is 3. The van der Waals surface area contributed by atoms with Crippen molar-refractivity contribution in [1.82, 2.24) is 25.3 Å². The van der Waals surface area contributed by atoms with E-state index in [1.54, 1.807) is 30.3 Å². The number of benzene rings is 2. The number of anilines is 2. The summed E-state index contributed by atoms with van der Waals surface area (Å²) in [4.78, 5) is 75.6. The van der Waals surface area contributed by atoms with Crippen molar-refractivity contribution in [2.24, 2.45) is 5.92 Å². The fourth-order valence-electron chi connectivity index (χ4n) is 3.73. The number of hydrogen-bond acceptors (Lipinski definition) is 11. The lowest BCUT2D eigenvalue weighted by atomic mass is 10.0. The number of carboxylic acid groups (broad SMARTS) is 1. The van der Waals surface area contributed by atoms with Crippen molar-refractivity contribution in [2.75, 3.05) is 11.1 Å². The van der Waals surface area contributed by atoms with E-state index in [1.165, 1.54) is 37.4 Å². The van der Waals surface area contributed by atoms with Gasteiger partial charge in [-0.2, -0.15) is 4.98 Å². The van der Waals surface area contributed by atoms with E-state index in [9.17, 15) is 29.1 Å². The van der Waals surface area contributed by atoms with Crippen molar-refractivity contribution in [1.29, 1.82) is 0 Å². The van der Waals surface area contributed by atoms with Gasteiger partial charge in [0.15, 0.2) is 11.2 Å². The van der Waals surface area contributed by atoms with Gasteiger partial charge in [-0.3, -0.25) is 19.4 Å². The van der Waals surface area contributed by atoms with Gasteiger partial charge in [0.05, 0.1) is 29.9 Å². The fourth-order valence-corrected chi connectivity index (χ4v) is 3.73. The van der Waals surface area contributed by atoms with Crippen LogP contribution in [0.3, 0.4) is 0 Å². The number of nitrogen functional groups attached to an aromatic ring is 1. The summed E-state index contributed by atoms with van der Waals surface area (Å²) in [5.41, 5.74) is 6.59. The first kappa shape index (κ1) is 28.4. The van der Waals surface area contributed by atoms with Crippen molar-refractivity contribution in [3.05, 3.63) is 88.0 Å². The summed E-state index contributed by atoms with van der Waals surface area (Å²) in [5.74, 6) is -4.83. The second-order valence-electron chi connectivity index (χ2n) is 8.99. The van der Waals surface area contributed by atoms with Crippen LogP contribution in [0.1, 0.15) is 39.8 Å². The summed E-state index contributed by atoms with van der Waals surface area (Å²) < 4.78 is 4.84. The van der Waals surface area contributed by atoms with Crippen LogP contribution in [0.5, 0.6) is 0 Å². The lowest BCUT2D eigenvalue weighted by molar-refractivity contribution is -0.144. The second kappa shape index (κ2) is 12.5. The van der Waals surface area contributed by atoms with Gasteiger partial charge in [0, 0.05) is 11.3 Å². The molecule has 0 saturated carbocycles. The molecule has 0 unspecified atom stereocenters. The highest BCUT2D eigenvalue weighted by molar-refractivity contribution is 5.98. The standard InChI is InChI=1S/C27H25N7O7/c1-14(25(39)41-26(40)16-5-3-2-4-6-16)11-19(24(37)38)32-22(35)15-7-9-17(10-8-15)29-12-18-13-30-21-20(31-18)23(36)34-27(28)33-21/h2-10,13-14,19,29H,11-12H2,1H3,(H,32,35)(H,37,38)(H3,28,30,33,34,36)/t14-,19+/m0/s1. The van der Waals surface area contributed by atoms with E-state index in [0.717, 1.165) is 0 Å². The Morgan fingerprint density at radius 3 is 2.41 bits per heavy atom. The molecule has 1 amide bonds. The molecule has 0 aliphatic heterocycles. The molecule has 4 aromatic rings. The zero-order chi connectivity index (χ0) is 29.5. The number of hydrogen-bond donors (Lipinski definition) is 5. The number of H-pyrrole nitrogens is 1. The van der Waals surface area contributed by atoms with E-state index in [1.807, 2.05) is 0 Å². The number of aromatic amines is 1. The first-order valence-corrected chi connectivity index (χ1v) is 12.3. The molecule has 4 rings (SSSR count). The van der Waals surface area contributed by atoms with Gasteiger partial charge in [-0.05, 0) is 42.8 Å². The van der Waals surface area contributed by atoms with Crippen molar-refractivity contribution in [3.63, 3.8) is 0 Å². The maximum absolute atomic E-state index is 12.7. The van der Waals surface area contributed by atoms with Gasteiger partial charge in [0.1, 0.15) is 6.04 Å². The minimum Gasteiger partial charge on any atom is -0.480 e. The molecule has 210 valence electrons. The van der Waals surface area contributed by atoms with Crippen LogP contribution in [0.25, 0.3) is 11.2 Å². The maximum Gasteiger partial charge on any atom is 0.345 e. The third kappa shape index (κ3) is 7.26. The van der Waals surface area contributed by atoms with Crippen LogP contribution in [0.4, 0.5) is 11.6 Å². The fraction of sp³-hybridized carbons (Fsp3) is 0.185. The molecule has 2 aromatic heterocycles. The molecule has 0 aliphatic carbocycles. The predicted molar refractivity (Wildman–Crippen MR) is 146 cm³/mol. The number of amides is 1. The molecule has 6 N–H and O–H groups in total. The SMILES string of the molecule is C[C@@H](C[C@@H](NC(=O)c1ccc(NCc2cnc3nc(N)[nH]c(=O)c3n2)cc1)C(=O)O)C(=O)OC(=O)c1ccccc1. The number of esters is 2. The number of ether oxygens (including phenoxy) is 1. The Morgan fingerprint density at radius 2 is 1.73 bits per heavy atom. The molecule has 2 aromatic carbocycles. The highest BCUT2D eigenvalue weighted by atomic mass is 16.6. The summed E-state index contributed by atoms with van der Waals surface area (Å²) in [7, 11) is 0. The van der Waals surface area contributed by atoms with Crippen LogP contribution in [0.15, 0.2) is 65.6 Å². The largest absolute Gasteiger partial charge is 0.480 e. The molecule has 2 atom stereocenters. The second-order valence-corrected chi connectivity index (χ2v) is 8.99. The summed E-state index contributed by atoms with van der Waals surface area (Å²) in [5, 5.41) is 15.1. The molecule has 14 nitrogen and oxygen atoms in total. The Bertz CT molecular complexity index is 1660. The first-order chi connectivity index (χ1) is 19.6. The van der Waals surface area contributed by atoms with Gasteiger partial charge in [0.2, 0.25) is 5.95 Å². The van der Waals surface area contributed by atoms with Crippen LogP contribution in [0.2, 0.25) is 0 Å². The molecule has 0 saturated heterocycles. The van der Waals surface area contributed by atoms with E-state index in [-0.39, 0.29) is 41.2 Å². The molecular weight excluding hydrogens is 534 g/mol. The molecular formula is C27H25N7O7. The van der Waals surface area contributed by atoms with Crippen LogP contribution in [0, 0.1) is 5.92 Å². The number of aliphatic carboxylic acids is 1. The Hall–Kier alpha value is -5.66. The third-order valence-corrected chi connectivity index (χ3v) is 5.90. The first-order valence-electron chi connectivity index (χ1n) is 12.3. The molecule has 14 heteroatoms. The van der Waals surface area contributed by atoms with Gasteiger partial charge in [-0.25, -0.2) is 19.6 Å². The summed E-state index contributed by atoms with van der Waals surface area (Å²) in [6.45, 7) is 1.62.